The van der Waals surface area contributed by atoms with E-state index in [1.165, 1.54) is 83.8 Å². The zero-order chi connectivity index (χ0) is 21.8. The Morgan fingerprint density at radius 1 is 0.839 bits per heavy atom. The summed E-state index contributed by atoms with van der Waals surface area (Å²) >= 11 is 0. The standard InChI is InChI=1S/C25H38O4S.Na/c1-3-4-5-6-7-8-9-10-11-12-13-14-16-21-19-22-17-15-18-24(30(26,27)28)25(22)23(20-21)29-2;/h15,17-20H,3-14,16H2,1-2H3,(H,26,27,28);/q;+1/p-1. The summed E-state index contributed by atoms with van der Waals surface area (Å²) in [4.78, 5) is -0.214. The van der Waals surface area contributed by atoms with E-state index in [4.69, 9.17) is 4.74 Å². The molecule has 2 aromatic carbocycles. The summed E-state index contributed by atoms with van der Waals surface area (Å²) in [6.07, 6.45) is 16.7. The minimum atomic E-state index is -4.55. The summed E-state index contributed by atoms with van der Waals surface area (Å²) in [7, 11) is -3.03. The van der Waals surface area contributed by atoms with Crippen LogP contribution in [-0.2, 0) is 16.5 Å². The molecule has 0 unspecified atom stereocenters. The number of aryl methyl sites for hydroxylation is 1. The first-order valence-corrected chi connectivity index (χ1v) is 12.9. The van der Waals surface area contributed by atoms with Crippen LogP contribution < -0.4 is 34.3 Å². The first-order chi connectivity index (χ1) is 14.5. The quantitative estimate of drug-likeness (QED) is 0.231. The molecule has 0 N–H and O–H groups in total. The third-order valence-corrected chi connectivity index (χ3v) is 6.65. The van der Waals surface area contributed by atoms with Crippen molar-refractivity contribution in [2.75, 3.05) is 7.11 Å². The average molecular weight is 457 g/mol. The van der Waals surface area contributed by atoms with Crippen molar-refractivity contribution in [1.29, 1.82) is 0 Å². The smallest absolute Gasteiger partial charge is 0.744 e. The Hall–Kier alpha value is -0.590. The number of benzene rings is 2. The van der Waals surface area contributed by atoms with Gasteiger partial charge in [-0.05, 0) is 35.9 Å². The molecule has 168 valence electrons. The van der Waals surface area contributed by atoms with Gasteiger partial charge in [0, 0.05) is 5.39 Å². The monoisotopic (exact) mass is 456 g/mol. The van der Waals surface area contributed by atoms with Gasteiger partial charge in [-0.15, -0.1) is 0 Å². The summed E-state index contributed by atoms with van der Waals surface area (Å²) < 4.78 is 40.2. The maximum atomic E-state index is 11.6. The Morgan fingerprint density at radius 2 is 1.39 bits per heavy atom. The van der Waals surface area contributed by atoms with Crippen molar-refractivity contribution in [3.05, 3.63) is 35.9 Å². The number of ether oxygens (including phenoxy) is 1. The van der Waals surface area contributed by atoms with Crippen LogP contribution in [0.15, 0.2) is 35.2 Å². The van der Waals surface area contributed by atoms with E-state index in [0.717, 1.165) is 23.8 Å². The molecular weight excluding hydrogens is 419 g/mol. The molecule has 0 saturated carbocycles. The molecule has 2 aromatic rings. The Balaban J connectivity index is 0.00000480. The SMILES string of the molecule is CCCCCCCCCCCCCCc1cc(OC)c2c(S(=O)(=O)[O-])cccc2c1.[Na+]. The van der Waals surface area contributed by atoms with Gasteiger partial charge in [-0.25, -0.2) is 8.42 Å². The first-order valence-electron chi connectivity index (χ1n) is 11.5. The molecule has 0 fully saturated rings. The van der Waals surface area contributed by atoms with Crippen LogP contribution in [-0.4, -0.2) is 20.1 Å². The molecule has 0 amide bonds. The first kappa shape index (κ1) is 28.4. The van der Waals surface area contributed by atoms with Crippen molar-refractivity contribution in [2.45, 2.75) is 95.3 Å². The number of unbranched alkanes of at least 4 members (excludes halogenated alkanes) is 11. The van der Waals surface area contributed by atoms with Crippen molar-refractivity contribution in [3.8, 4) is 5.75 Å². The van der Waals surface area contributed by atoms with Crippen LogP contribution in [0.25, 0.3) is 10.8 Å². The zero-order valence-electron chi connectivity index (χ0n) is 19.6. The Morgan fingerprint density at radius 3 is 1.90 bits per heavy atom. The zero-order valence-corrected chi connectivity index (χ0v) is 22.4. The van der Waals surface area contributed by atoms with Crippen molar-refractivity contribution in [2.24, 2.45) is 0 Å². The van der Waals surface area contributed by atoms with E-state index in [1.807, 2.05) is 18.2 Å². The van der Waals surface area contributed by atoms with Crippen molar-refractivity contribution in [1.82, 2.24) is 0 Å². The van der Waals surface area contributed by atoms with Gasteiger partial charge >= 0.3 is 29.6 Å². The molecule has 0 aliphatic carbocycles. The Labute approximate surface area is 211 Å². The Bertz CT molecular complexity index is 880. The fourth-order valence-corrected chi connectivity index (χ4v) is 4.81. The number of fused-ring (bicyclic) bond motifs is 1. The number of hydrogen-bond acceptors (Lipinski definition) is 4. The summed E-state index contributed by atoms with van der Waals surface area (Å²) in [6, 6.07) is 8.64. The third kappa shape index (κ3) is 9.83. The van der Waals surface area contributed by atoms with E-state index in [1.54, 1.807) is 6.07 Å². The molecule has 2 rings (SSSR count). The summed E-state index contributed by atoms with van der Waals surface area (Å²) in [5, 5.41) is 1.12. The molecule has 0 spiro atoms. The van der Waals surface area contributed by atoms with E-state index in [2.05, 4.69) is 6.92 Å². The van der Waals surface area contributed by atoms with Crippen LogP contribution in [0.2, 0.25) is 0 Å². The van der Waals surface area contributed by atoms with E-state index in [0.29, 0.717) is 11.1 Å². The topological polar surface area (TPSA) is 66.4 Å². The largest absolute Gasteiger partial charge is 1.00 e. The molecule has 0 atom stereocenters. The van der Waals surface area contributed by atoms with Gasteiger partial charge in [0.15, 0.2) is 0 Å². The molecule has 0 bridgehead atoms. The van der Waals surface area contributed by atoms with Crippen molar-refractivity contribution in [3.63, 3.8) is 0 Å². The second-order valence-corrected chi connectivity index (χ2v) is 9.59. The number of hydrogen-bond donors (Lipinski definition) is 0. The number of rotatable bonds is 15. The molecule has 0 aliphatic rings. The van der Waals surface area contributed by atoms with Crippen LogP contribution in [0.5, 0.6) is 5.75 Å². The fourth-order valence-electron chi connectivity index (χ4n) is 4.10. The van der Waals surface area contributed by atoms with Crippen molar-refractivity contribution >= 4 is 20.9 Å². The Kier molecular flexibility index (Phi) is 14.0. The minimum Gasteiger partial charge on any atom is -0.744 e. The van der Waals surface area contributed by atoms with Gasteiger partial charge in [0.1, 0.15) is 15.9 Å². The summed E-state index contributed by atoms with van der Waals surface area (Å²) in [5.41, 5.74) is 1.12. The summed E-state index contributed by atoms with van der Waals surface area (Å²) in [6.45, 7) is 2.26. The van der Waals surface area contributed by atoms with Gasteiger partial charge in [0.05, 0.1) is 12.0 Å². The molecular formula is C25H37NaO4S. The van der Waals surface area contributed by atoms with Crippen LogP contribution in [0, 0.1) is 0 Å². The predicted molar refractivity (Wildman–Crippen MR) is 123 cm³/mol. The summed E-state index contributed by atoms with van der Waals surface area (Å²) in [5.74, 6) is 0.455. The van der Waals surface area contributed by atoms with Gasteiger partial charge in [0.25, 0.3) is 0 Å². The fraction of sp³-hybridized carbons (Fsp3) is 0.600. The molecule has 4 nitrogen and oxygen atoms in total. The minimum absolute atomic E-state index is 0. The molecule has 31 heavy (non-hydrogen) atoms. The van der Waals surface area contributed by atoms with Gasteiger partial charge in [-0.1, -0.05) is 95.8 Å². The molecule has 0 aromatic heterocycles. The molecule has 0 aliphatic heterocycles. The normalized spacial score (nSPS) is 11.5. The second-order valence-electron chi connectivity index (χ2n) is 8.25. The maximum absolute atomic E-state index is 11.6. The van der Waals surface area contributed by atoms with Crippen molar-refractivity contribution < 1.29 is 47.3 Å². The van der Waals surface area contributed by atoms with Gasteiger partial charge in [-0.2, -0.15) is 0 Å². The third-order valence-electron chi connectivity index (χ3n) is 5.77. The van der Waals surface area contributed by atoms with E-state index >= 15 is 0 Å². The molecule has 6 heteroatoms. The van der Waals surface area contributed by atoms with Crippen LogP contribution in [0.3, 0.4) is 0 Å². The van der Waals surface area contributed by atoms with Gasteiger partial charge < -0.3 is 9.29 Å². The van der Waals surface area contributed by atoms with E-state index in [9.17, 15) is 13.0 Å². The number of methoxy groups -OCH3 is 1. The molecule has 0 heterocycles. The van der Waals surface area contributed by atoms with Gasteiger partial charge in [0.2, 0.25) is 0 Å². The van der Waals surface area contributed by atoms with Crippen LogP contribution >= 0.6 is 0 Å². The van der Waals surface area contributed by atoms with E-state index in [-0.39, 0.29) is 34.5 Å². The van der Waals surface area contributed by atoms with Crippen LogP contribution in [0.4, 0.5) is 0 Å². The molecule has 0 saturated heterocycles. The predicted octanol–water partition coefficient (Wildman–Crippen LogP) is 4.00. The second kappa shape index (κ2) is 15.3. The van der Waals surface area contributed by atoms with Gasteiger partial charge in [-0.3, -0.25) is 0 Å². The van der Waals surface area contributed by atoms with E-state index < -0.39 is 10.1 Å². The van der Waals surface area contributed by atoms with Crippen LogP contribution in [0.1, 0.15) is 89.5 Å². The average Bonchev–Trinajstić information content (AvgIpc) is 2.72. The molecule has 0 radical (unpaired) electrons. The maximum Gasteiger partial charge on any atom is 1.00 e.